The lowest BCUT2D eigenvalue weighted by Gasteiger charge is -2.36. The Labute approximate surface area is 175 Å². The van der Waals surface area contributed by atoms with E-state index in [0.29, 0.717) is 47.5 Å². The van der Waals surface area contributed by atoms with Gasteiger partial charge < -0.3 is 14.6 Å². The first-order chi connectivity index (χ1) is 14.1. The Morgan fingerprint density at radius 3 is 2.66 bits per heavy atom. The molecule has 0 bridgehead atoms. The predicted molar refractivity (Wildman–Crippen MR) is 110 cm³/mol. The molecule has 29 heavy (non-hydrogen) atoms. The number of fused-ring (bicyclic) bond motifs is 1. The van der Waals surface area contributed by atoms with Gasteiger partial charge in [-0.05, 0) is 36.6 Å². The molecule has 1 aliphatic rings. The molecule has 1 atom stereocenters. The zero-order chi connectivity index (χ0) is 20.0. The van der Waals surface area contributed by atoms with E-state index in [1.807, 2.05) is 24.3 Å². The summed E-state index contributed by atoms with van der Waals surface area (Å²) in [6.45, 7) is 1.42. The molecule has 1 aromatic carbocycles. The number of halogens is 1. The zero-order valence-corrected chi connectivity index (χ0v) is 17.0. The molecule has 1 fully saturated rings. The average molecular weight is 431 g/mol. The SMILES string of the molecule is Oc1c([C@@H](c2ccccc2Cl)N2CCC(O)CC2)sc2nc(-c3ccco3)nn12. The number of aliphatic hydroxyl groups excluding tert-OH is 1. The number of rotatable bonds is 4. The van der Waals surface area contributed by atoms with Gasteiger partial charge in [0.25, 0.3) is 0 Å². The summed E-state index contributed by atoms with van der Waals surface area (Å²) in [6, 6.07) is 11.0. The molecule has 7 nitrogen and oxygen atoms in total. The number of nitrogens with zero attached hydrogens (tertiary/aromatic N) is 4. The summed E-state index contributed by atoms with van der Waals surface area (Å²) < 4.78 is 6.81. The van der Waals surface area contributed by atoms with E-state index in [4.69, 9.17) is 16.0 Å². The van der Waals surface area contributed by atoms with Gasteiger partial charge in [0.15, 0.2) is 5.76 Å². The third-order valence-corrected chi connectivity index (χ3v) is 6.67. The molecule has 0 amide bonds. The summed E-state index contributed by atoms with van der Waals surface area (Å²) in [5.41, 5.74) is 0.914. The van der Waals surface area contributed by atoms with Crippen molar-refractivity contribution in [3.8, 4) is 17.5 Å². The first-order valence-corrected chi connectivity index (χ1v) is 10.6. The van der Waals surface area contributed by atoms with E-state index >= 15 is 0 Å². The summed E-state index contributed by atoms with van der Waals surface area (Å²) in [4.78, 5) is 8.07. The molecule has 1 saturated heterocycles. The first-order valence-electron chi connectivity index (χ1n) is 9.40. The lowest BCUT2D eigenvalue weighted by atomic mass is 9.99. The molecule has 1 aliphatic heterocycles. The van der Waals surface area contributed by atoms with Crippen molar-refractivity contribution in [3.05, 3.63) is 58.1 Å². The molecule has 9 heteroatoms. The van der Waals surface area contributed by atoms with Gasteiger partial charge in [-0.3, -0.25) is 4.90 Å². The van der Waals surface area contributed by atoms with Crippen molar-refractivity contribution in [1.82, 2.24) is 19.5 Å². The number of aromatic nitrogens is 3. The van der Waals surface area contributed by atoms with E-state index < -0.39 is 0 Å². The molecule has 0 spiro atoms. The third-order valence-electron chi connectivity index (χ3n) is 5.25. The van der Waals surface area contributed by atoms with Crippen molar-refractivity contribution < 1.29 is 14.6 Å². The van der Waals surface area contributed by atoms with Crippen LogP contribution in [0.3, 0.4) is 0 Å². The molecule has 5 rings (SSSR count). The van der Waals surface area contributed by atoms with Gasteiger partial charge in [0.2, 0.25) is 16.7 Å². The van der Waals surface area contributed by atoms with E-state index in [0.717, 1.165) is 10.4 Å². The number of thiazole rings is 1. The Kier molecular flexibility index (Phi) is 4.79. The second-order valence-electron chi connectivity index (χ2n) is 7.09. The molecule has 0 unspecified atom stereocenters. The molecule has 150 valence electrons. The van der Waals surface area contributed by atoms with E-state index in [9.17, 15) is 10.2 Å². The molecule has 3 aromatic heterocycles. The lowest BCUT2D eigenvalue weighted by Crippen LogP contribution is -2.38. The molecule has 4 heterocycles. The maximum absolute atomic E-state index is 11.0. The van der Waals surface area contributed by atoms with Crippen molar-refractivity contribution in [3.63, 3.8) is 0 Å². The largest absolute Gasteiger partial charge is 0.492 e. The first kappa shape index (κ1) is 18.6. The van der Waals surface area contributed by atoms with Crippen LogP contribution in [-0.4, -0.2) is 48.9 Å². The number of furan rings is 1. The minimum atomic E-state index is -0.287. The van der Waals surface area contributed by atoms with Crippen molar-refractivity contribution in [2.24, 2.45) is 0 Å². The number of hydrogen-bond donors (Lipinski definition) is 2. The Morgan fingerprint density at radius 2 is 1.97 bits per heavy atom. The fourth-order valence-electron chi connectivity index (χ4n) is 3.78. The molecule has 0 radical (unpaired) electrons. The summed E-state index contributed by atoms with van der Waals surface area (Å²) in [6.07, 6.45) is 2.65. The second-order valence-corrected chi connectivity index (χ2v) is 8.50. The van der Waals surface area contributed by atoms with Crippen molar-refractivity contribution in [2.45, 2.75) is 25.0 Å². The molecule has 0 saturated carbocycles. The van der Waals surface area contributed by atoms with E-state index in [1.54, 1.807) is 18.4 Å². The van der Waals surface area contributed by atoms with Crippen LogP contribution in [0.15, 0.2) is 47.1 Å². The van der Waals surface area contributed by atoms with Crippen LogP contribution in [0.25, 0.3) is 16.5 Å². The average Bonchev–Trinajstić information content (AvgIpc) is 3.44. The monoisotopic (exact) mass is 430 g/mol. The molecule has 4 aromatic rings. The molecule has 2 N–H and O–H groups in total. The van der Waals surface area contributed by atoms with Crippen LogP contribution >= 0.6 is 22.9 Å². The van der Waals surface area contributed by atoms with Gasteiger partial charge in [0, 0.05) is 18.1 Å². The normalized spacial score (nSPS) is 17.2. The van der Waals surface area contributed by atoms with Gasteiger partial charge in [-0.15, -0.1) is 5.10 Å². The number of piperidine rings is 1. The fourth-order valence-corrected chi connectivity index (χ4v) is 5.13. The highest BCUT2D eigenvalue weighted by atomic mass is 35.5. The van der Waals surface area contributed by atoms with Gasteiger partial charge in [-0.25, -0.2) is 0 Å². The summed E-state index contributed by atoms with van der Waals surface area (Å²) in [5, 5.41) is 26.0. The van der Waals surface area contributed by atoms with Crippen LogP contribution in [-0.2, 0) is 0 Å². The number of hydrogen-bond acceptors (Lipinski definition) is 7. The van der Waals surface area contributed by atoms with Gasteiger partial charge in [-0.2, -0.15) is 9.50 Å². The number of aliphatic hydroxyl groups is 1. The van der Waals surface area contributed by atoms with Crippen LogP contribution in [0.4, 0.5) is 0 Å². The van der Waals surface area contributed by atoms with Crippen molar-refractivity contribution >= 4 is 27.9 Å². The van der Waals surface area contributed by atoms with Gasteiger partial charge in [0.1, 0.15) is 0 Å². The molecule has 0 aliphatic carbocycles. The Morgan fingerprint density at radius 1 is 1.17 bits per heavy atom. The zero-order valence-electron chi connectivity index (χ0n) is 15.4. The fraction of sp³-hybridized carbons (Fsp3) is 0.300. The van der Waals surface area contributed by atoms with E-state index in [-0.39, 0.29) is 18.0 Å². The van der Waals surface area contributed by atoms with E-state index in [2.05, 4.69) is 15.0 Å². The minimum Gasteiger partial charge on any atom is -0.492 e. The third kappa shape index (κ3) is 3.32. The van der Waals surface area contributed by atoms with Gasteiger partial charge >= 0.3 is 0 Å². The maximum atomic E-state index is 11.0. The molecular weight excluding hydrogens is 412 g/mol. The number of likely N-dealkylation sites (tertiary alicyclic amines) is 1. The number of aromatic hydroxyl groups is 1. The Bertz CT molecular complexity index is 1130. The molecular formula is C20H19ClN4O3S. The standard InChI is InChI=1S/C20H19ClN4O3S/c21-14-5-2-1-4-13(14)16(24-9-7-12(26)8-10-24)17-19(27)25-20(29-17)22-18(23-25)15-6-3-11-28-15/h1-6,11-12,16,26-27H,7-10H2/t16-/m1/s1. The predicted octanol–water partition coefficient (Wildman–Crippen LogP) is 3.96. The van der Waals surface area contributed by atoms with Crippen LogP contribution in [0.1, 0.15) is 29.3 Å². The highest BCUT2D eigenvalue weighted by molar-refractivity contribution is 7.17. The smallest absolute Gasteiger partial charge is 0.230 e. The van der Waals surface area contributed by atoms with Gasteiger partial charge in [0.05, 0.1) is 23.3 Å². The summed E-state index contributed by atoms with van der Waals surface area (Å²) >= 11 is 7.91. The van der Waals surface area contributed by atoms with Crippen LogP contribution in [0, 0.1) is 0 Å². The Hall–Kier alpha value is -2.39. The topological polar surface area (TPSA) is 87.0 Å². The Balaban J connectivity index is 1.60. The highest BCUT2D eigenvalue weighted by Gasteiger charge is 2.33. The summed E-state index contributed by atoms with van der Waals surface area (Å²) in [7, 11) is 0. The van der Waals surface area contributed by atoms with Crippen molar-refractivity contribution in [2.75, 3.05) is 13.1 Å². The number of benzene rings is 1. The maximum Gasteiger partial charge on any atom is 0.230 e. The van der Waals surface area contributed by atoms with Crippen LogP contribution < -0.4 is 0 Å². The van der Waals surface area contributed by atoms with Gasteiger partial charge in [-0.1, -0.05) is 41.1 Å². The van der Waals surface area contributed by atoms with Crippen LogP contribution in [0.5, 0.6) is 5.88 Å². The minimum absolute atomic E-state index is 0.0475. The summed E-state index contributed by atoms with van der Waals surface area (Å²) in [5.74, 6) is 1.03. The van der Waals surface area contributed by atoms with E-state index in [1.165, 1.54) is 15.9 Å². The lowest BCUT2D eigenvalue weighted by molar-refractivity contribution is 0.0690. The highest BCUT2D eigenvalue weighted by Crippen LogP contribution is 2.43. The second kappa shape index (κ2) is 7.46. The van der Waals surface area contributed by atoms with Crippen molar-refractivity contribution in [1.29, 1.82) is 0 Å². The quantitative estimate of drug-likeness (QED) is 0.509. The van der Waals surface area contributed by atoms with Crippen LogP contribution in [0.2, 0.25) is 5.02 Å².